The summed E-state index contributed by atoms with van der Waals surface area (Å²) in [4.78, 5) is 2.53. The Labute approximate surface area is 150 Å². The van der Waals surface area contributed by atoms with Crippen LogP contribution in [0.15, 0.2) is 36.4 Å². The van der Waals surface area contributed by atoms with Gasteiger partial charge in [0.15, 0.2) is 0 Å². The van der Waals surface area contributed by atoms with E-state index in [9.17, 15) is 4.39 Å². The molecule has 1 atom stereocenters. The number of rotatable bonds is 5. The Hall–Kier alpha value is -1.87. The minimum absolute atomic E-state index is 0.196. The topological polar surface area (TPSA) is 12.5 Å². The maximum Gasteiger partial charge on any atom is 0.131 e. The van der Waals surface area contributed by atoms with Crippen molar-refractivity contribution in [3.8, 4) is 16.9 Å². The van der Waals surface area contributed by atoms with Crippen molar-refractivity contribution in [1.29, 1.82) is 0 Å². The van der Waals surface area contributed by atoms with Crippen LogP contribution >= 0.6 is 0 Å². The summed E-state index contributed by atoms with van der Waals surface area (Å²) >= 11 is 0. The Morgan fingerprint density at radius 3 is 2.68 bits per heavy atom. The molecule has 3 rings (SSSR count). The number of likely N-dealkylation sites (tertiary alicyclic amines) is 1. The third-order valence-corrected chi connectivity index (χ3v) is 5.36. The number of ether oxygens (including phenoxy) is 1. The summed E-state index contributed by atoms with van der Waals surface area (Å²) in [6, 6.07) is 12.0. The number of hydrogen-bond donors (Lipinski definition) is 0. The first-order valence-corrected chi connectivity index (χ1v) is 9.32. The standard InChI is InChI=1S/C22H28FNO/c1-4-17-8-10-20(21-14-19(25-3)9-11-22(21)23)18(13-17)15-24-12-6-5-7-16(24)2/h8-11,13-14,16H,4-7,12,15H2,1-3H3/t16-/m0/s1. The van der Waals surface area contributed by atoms with Gasteiger partial charge in [-0.2, -0.15) is 0 Å². The lowest BCUT2D eigenvalue weighted by Gasteiger charge is -2.34. The van der Waals surface area contributed by atoms with Gasteiger partial charge in [0.1, 0.15) is 11.6 Å². The van der Waals surface area contributed by atoms with E-state index in [1.807, 2.05) is 0 Å². The predicted molar refractivity (Wildman–Crippen MR) is 101 cm³/mol. The second kappa shape index (κ2) is 8.01. The van der Waals surface area contributed by atoms with E-state index < -0.39 is 0 Å². The average Bonchev–Trinajstić information content (AvgIpc) is 2.64. The summed E-state index contributed by atoms with van der Waals surface area (Å²) in [5.41, 5.74) is 4.11. The lowest BCUT2D eigenvalue weighted by molar-refractivity contribution is 0.153. The molecular weight excluding hydrogens is 313 g/mol. The molecule has 2 aromatic rings. The van der Waals surface area contributed by atoms with Crippen LogP contribution in [0.25, 0.3) is 11.1 Å². The van der Waals surface area contributed by atoms with Gasteiger partial charge >= 0.3 is 0 Å². The fourth-order valence-corrected chi connectivity index (χ4v) is 3.71. The van der Waals surface area contributed by atoms with Crippen LogP contribution in [0.1, 0.15) is 44.2 Å². The summed E-state index contributed by atoms with van der Waals surface area (Å²) in [7, 11) is 1.62. The summed E-state index contributed by atoms with van der Waals surface area (Å²) < 4.78 is 19.8. The summed E-state index contributed by atoms with van der Waals surface area (Å²) in [5, 5.41) is 0. The van der Waals surface area contributed by atoms with Gasteiger partial charge in [-0.1, -0.05) is 31.5 Å². The molecule has 0 amide bonds. The third-order valence-electron chi connectivity index (χ3n) is 5.36. The van der Waals surface area contributed by atoms with Gasteiger partial charge in [-0.15, -0.1) is 0 Å². The van der Waals surface area contributed by atoms with Crippen molar-refractivity contribution in [3.05, 3.63) is 53.3 Å². The molecule has 0 aliphatic carbocycles. The first-order valence-electron chi connectivity index (χ1n) is 9.32. The monoisotopic (exact) mass is 341 g/mol. The molecule has 25 heavy (non-hydrogen) atoms. The van der Waals surface area contributed by atoms with Crippen molar-refractivity contribution in [3.63, 3.8) is 0 Å². The fourth-order valence-electron chi connectivity index (χ4n) is 3.71. The van der Waals surface area contributed by atoms with Gasteiger partial charge < -0.3 is 4.74 Å². The van der Waals surface area contributed by atoms with Crippen LogP contribution in [-0.4, -0.2) is 24.6 Å². The molecule has 1 heterocycles. The summed E-state index contributed by atoms with van der Waals surface area (Å²) in [6.45, 7) is 6.46. The molecular formula is C22H28FNO. The van der Waals surface area contributed by atoms with Crippen LogP contribution in [0.5, 0.6) is 5.75 Å². The largest absolute Gasteiger partial charge is 0.497 e. The molecule has 3 heteroatoms. The van der Waals surface area contributed by atoms with Crippen LogP contribution in [0.2, 0.25) is 0 Å². The van der Waals surface area contributed by atoms with E-state index in [0.29, 0.717) is 17.4 Å². The van der Waals surface area contributed by atoms with E-state index in [1.165, 1.54) is 36.5 Å². The summed E-state index contributed by atoms with van der Waals surface area (Å²) in [6.07, 6.45) is 4.80. The zero-order valence-corrected chi connectivity index (χ0v) is 15.5. The molecule has 1 aliphatic rings. The molecule has 1 fully saturated rings. The van der Waals surface area contributed by atoms with Crippen molar-refractivity contribution < 1.29 is 9.13 Å². The predicted octanol–water partition coefficient (Wildman–Crippen LogP) is 5.44. The number of nitrogens with zero attached hydrogens (tertiary/aromatic N) is 1. The molecule has 1 aliphatic heterocycles. The highest BCUT2D eigenvalue weighted by atomic mass is 19.1. The molecule has 134 valence electrons. The minimum atomic E-state index is -0.196. The molecule has 2 aromatic carbocycles. The number of halogens is 1. The second-order valence-corrected chi connectivity index (χ2v) is 7.01. The number of piperidine rings is 1. The zero-order valence-electron chi connectivity index (χ0n) is 15.5. The van der Waals surface area contributed by atoms with Crippen molar-refractivity contribution >= 4 is 0 Å². The fraction of sp³-hybridized carbons (Fsp3) is 0.455. The molecule has 2 nitrogen and oxygen atoms in total. The van der Waals surface area contributed by atoms with E-state index in [4.69, 9.17) is 4.74 Å². The highest BCUT2D eigenvalue weighted by Crippen LogP contribution is 2.32. The second-order valence-electron chi connectivity index (χ2n) is 7.01. The zero-order chi connectivity index (χ0) is 17.8. The van der Waals surface area contributed by atoms with Crippen LogP contribution in [0.4, 0.5) is 4.39 Å². The van der Waals surface area contributed by atoms with E-state index in [-0.39, 0.29) is 5.82 Å². The molecule has 0 radical (unpaired) electrons. The Balaban J connectivity index is 2.01. The third kappa shape index (κ3) is 4.04. The molecule has 0 bridgehead atoms. The van der Waals surface area contributed by atoms with Crippen molar-refractivity contribution in [1.82, 2.24) is 4.90 Å². The van der Waals surface area contributed by atoms with Gasteiger partial charge in [0.05, 0.1) is 7.11 Å². The molecule has 0 saturated carbocycles. The minimum Gasteiger partial charge on any atom is -0.497 e. The summed E-state index contributed by atoms with van der Waals surface area (Å²) in [5.74, 6) is 0.492. The number of hydrogen-bond acceptors (Lipinski definition) is 2. The first kappa shape index (κ1) is 17.9. The Kier molecular flexibility index (Phi) is 5.74. The Bertz CT molecular complexity index is 728. The van der Waals surface area contributed by atoms with Crippen LogP contribution in [-0.2, 0) is 13.0 Å². The smallest absolute Gasteiger partial charge is 0.131 e. The molecule has 0 spiro atoms. The van der Waals surface area contributed by atoms with Crippen molar-refractivity contribution in [2.24, 2.45) is 0 Å². The Morgan fingerprint density at radius 1 is 1.12 bits per heavy atom. The van der Waals surface area contributed by atoms with Crippen LogP contribution in [0.3, 0.4) is 0 Å². The van der Waals surface area contributed by atoms with Crippen molar-refractivity contribution in [2.75, 3.05) is 13.7 Å². The van der Waals surface area contributed by atoms with Gasteiger partial charge in [-0.3, -0.25) is 4.90 Å². The van der Waals surface area contributed by atoms with E-state index >= 15 is 0 Å². The highest BCUT2D eigenvalue weighted by molar-refractivity contribution is 5.70. The number of benzene rings is 2. The first-order chi connectivity index (χ1) is 12.1. The maximum atomic E-state index is 14.5. The van der Waals surface area contributed by atoms with Gasteiger partial charge in [-0.25, -0.2) is 4.39 Å². The SMILES string of the molecule is CCc1ccc(-c2cc(OC)ccc2F)c(CN2CCCC[C@@H]2C)c1. The molecule has 0 unspecified atom stereocenters. The highest BCUT2D eigenvalue weighted by Gasteiger charge is 2.20. The van der Waals surface area contributed by atoms with Gasteiger partial charge in [0, 0.05) is 18.2 Å². The normalized spacial score (nSPS) is 18.3. The lowest BCUT2D eigenvalue weighted by atomic mass is 9.94. The average molecular weight is 341 g/mol. The van der Waals surface area contributed by atoms with Crippen LogP contribution < -0.4 is 4.74 Å². The van der Waals surface area contributed by atoms with Gasteiger partial charge in [0.2, 0.25) is 0 Å². The van der Waals surface area contributed by atoms with Crippen molar-refractivity contribution in [2.45, 2.75) is 52.1 Å². The van der Waals surface area contributed by atoms with E-state index in [1.54, 1.807) is 19.2 Å². The van der Waals surface area contributed by atoms with E-state index in [2.05, 4.69) is 36.9 Å². The quantitative estimate of drug-likeness (QED) is 0.718. The molecule has 0 N–H and O–H groups in total. The molecule has 0 aromatic heterocycles. The number of aryl methyl sites for hydroxylation is 1. The Morgan fingerprint density at radius 2 is 1.96 bits per heavy atom. The van der Waals surface area contributed by atoms with Gasteiger partial charge in [-0.05, 0) is 67.6 Å². The van der Waals surface area contributed by atoms with Crippen LogP contribution in [0, 0.1) is 5.82 Å². The molecule has 1 saturated heterocycles. The maximum absolute atomic E-state index is 14.5. The van der Waals surface area contributed by atoms with Gasteiger partial charge in [0.25, 0.3) is 0 Å². The van der Waals surface area contributed by atoms with E-state index in [0.717, 1.165) is 25.1 Å². The number of methoxy groups -OCH3 is 1. The lowest BCUT2D eigenvalue weighted by Crippen LogP contribution is -2.36.